The van der Waals surface area contributed by atoms with Crippen molar-refractivity contribution in [1.82, 2.24) is 14.3 Å². The van der Waals surface area contributed by atoms with E-state index in [2.05, 4.69) is 9.71 Å². The van der Waals surface area contributed by atoms with Gasteiger partial charge in [0, 0.05) is 31.7 Å². The molecule has 2 aromatic rings. The van der Waals surface area contributed by atoms with E-state index in [9.17, 15) is 13.2 Å². The number of hydrogen-bond acceptors (Lipinski definition) is 4. The number of aromatic nitrogens is 2. The standard InChI is InChI=1S/C13H15N3O4S/c1-9(10-4-3-5-14-7-10)15-21(19,20)11-6-12(13(17)18)16(2)8-11/h3-9,15H,1-2H3,(H,17,18). The Hall–Kier alpha value is -2.19. The molecule has 2 heterocycles. The van der Waals surface area contributed by atoms with Crippen molar-refractivity contribution in [2.75, 3.05) is 0 Å². The molecule has 0 aromatic carbocycles. The van der Waals surface area contributed by atoms with Crippen LogP contribution in [0.4, 0.5) is 0 Å². The van der Waals surface area contributed by atoms with Gasteiger partial charge in [0.1, 0.15) is 10.6 Å². The molecular weight excluding hydrogens is 294 g/mol. The lowest BCUT2D eigenvalue weighted by Gasteiger charge is -2.13. The minimum Gasteiger partial charge on any atom is -0.477 e. The molecule has 0 aliphatic rings. The van der Waals surface area contributed by atoms with Crippen LogP contribution in [0.5, 0.6) is 0 Å². The van der Waals surface area contributed by atoms with Gasteiger partial charge in [0.2, 0.25) is 10.0 Å². The van der Waals surface area contributed by atoms with Crippen molar-refractivity contribution in [3.05, 3.63) is 48.0 Å². The second kappa shape index (κ2) is 5.66. The molecule has 2 N–H and O–H groups in total. The number of carboxylic acid groups (broad SMARTS) is 1. The maximum Gasteiger partial charge on any atom is 0.352 e. The third kappa shape index (κ3) is 3.29. The topological polar surface area (TPSA) is 101 Å². The summed E-state index contributed by atoms with van der Waals surface area (Å²) in [4.78, 5) is 14.8. The SMILES string of the molecule is CC(NS(=O)(=O)c1cc(C(=O)O)n(C)c1)c1cccnc1. The van der Waals surface area contributed by atoms with Crippen LogP contribution in [0.1, 0.15) is 29.0 Å². The maximum absolute atomic E-state index is 12.3. The van der Waals surface area contributed by atoms with E-state index in [1.807, 2.05) is 0 Å². The van der Waals surface area contributed by atoms with Crippen LogP contribution >= 0.6 is 0 Å². The smallest absolute Gasteiger partial charge is 0.352 e. The largest absolute Gasteiger partial charge is 0.477 e. The van der Waals surface area contributed by atoms with Crippen molar-refractivity contribution in [2.24, 2.45) is 7.05 Å². The molecular formula is C13H15N3O4S. The highest BCUT2D eigenvalue weighted by molar-refractivity contribution is 7.89. The van der Waals surface area contributed by atoms with E-state index in [0.717, 1.165) is 11.6 Å². The monoisotopic (exact) mass is 309 g/mol. The summed E-state index contributed by atoms with van der Waals surface area (Å²) in [5.74, 6) is -1.18. The number of aromatic carboxylic acids is 1. The zero-order valence-corrected chi connectivity index (χ0v) is 12.3. The zero-order chi connectivity index (χ0) is 15.6. The van der Waals surface area contributed by atoms with Crippen molar-refractivity contribution in [1.29, 1.82) is 0 Å². The molecule has 1 unspecified atom stereocenters. The lowest BCUT2D eigenvalue weighted by Crippen LogP contribution is -2.26. The summed E-state index contributed by atoms with van der Waals surface area (Å²) in [6, 6.07) is 4.12. The number of nitrogens with zero attached hydrogens (tertiary/aromatic N) is 2. The number of sulfonamides is 1. The predicted molar refractivity (Wildman–Crippen MR) is 75.3 cm³/mol. The molecule has 0 spiro atoms. The summed E-state index contributed by atoms with van der Waals surface area (Å²) in [7, 11) is -2.33. The summed E-state index contributed by atoms with van der Waals surface area (Å²) < 4.78 is 28.3. The first-order valence-corrected chi connectivity index (χ1v) is 7.61. The number of rotatable bonds is 5. The molecule has 112 valence electrons. The maximum atomic E-state index is 12.3. The van der Waals surface area contributed by atoms with Crippen molar-refractivity contribution in [2.45, 2.75) is 17.9 Å². The molecule has 8 heteroatoms. The van der Waals surface area contributed by atoms with Crippen LogP contribution < -0.4 is 4.72 Å². The van der Waals surface area contributed by atoms with E-state index in [-0.39, 0.29) is 10.6 Å². The first-order chi connectivity index (χ1) is 9.81. The Morgan fingerprint density at radius 1 is 1.48 bits per heavy atom. The lowest BCUT2D eigenvalue weighted by molar-refractivity contribution is 0.0686. The minimum atomic E-state index is -3.80. The van der Waals surface area contributed by atoms with Gasteiger partial charge in [0.15, 0.2) is 0 Å². The molecule has 0 aliphatic carbocycles. The van der Waals surface area contributed by atoms with E-state index in [0.29, 0.717) is 0 Å². The molecule has 0 aliphatic heterocycles. The molecule has 0 fully saturated rings. The second-order valence-corrected chi connectivity index (χ2v) is 6.32. The molecule has 0 radical (unpaired) electrons. The molecule has 0 saturated carbocycles. The van der Waals surface area contributed by atoms with Crippen LogP contribution in [-0.2, 0) is 17.1 Å². The van der Waals surface area contributed by atoms with E-state index < -0.39 is 22.0 Å². The minimum absolute atomic E-state index is 0.0851. The van der Waals surface area contributed by atoms with Crippen molar-refractivity contribution >= 4 is 16.0 Å². The van der Waals surface area contributed by atoms with Crippen LogP contribution in [0.3, 0.4) is 0 Å². The van der Waals surface area contributed by atoms with Crippen molar-refractivity contribution < 1.29 is 18.3 Å². The normalized spacial score (nSPS) is 13.0. The fourth-order valence-corrected chi connectivity index (χ4v) is 3.20. The molecule has 0 bridgehead atoms. The Bertz CT molecular complexity index is 753. The van der Waals surface area contributed by atoms with Gasteiger partial charge in [-0.25, -0.2) is 17.9 Å². The van der Waals surface area contributed by atoms with Gasteiger partial charge in [0.25, 0.3) is 0 Å². The Labute approximate surface area is 122 Å². The number of pyridine rings is 1. The van der Waals surface area contributed by atoms with Gasteiger partial charge in [-0.05, 0) is 24.6 Å². The number of hydrogen-bond donors (Lipinski definition) is 2. The van der Waals surface area contributed by atoms with Gasteiger partial charge in [-0.1, -0.05) is 6.07 Å². The van der Waals surface area contributed by atoms with Gasteiger partial charge < -0.3 is 9.67 Å². The Morgan fingerprint density at radius 2 is 2.19 bits per heavy atom. The highest BCUT2D eigenvalue weighted by atomic mass is 32.2. The van der Waals surface area contributed by atoms with E-state index in [4.69, 9.17) is 5.11 Å². The second-order valence-electron chi connectivity index (χ2n) is 4.61. The summed E-state index contributed by atoms with van der Waals surface area (Å²) in [5.41, 5.74) is 0.625. The molecule has 2 rings (SSSR count). The Morgan fingerprint density at radius 3 is 2.71 bits per heavy atom. The zero-order valence-electron chi connectivity index (χ0n) is 11.5. The first-order valence-electron chi connectivity index (χ1n) is 6.13. The quantitative estimate of drug-likeness (QED) is 0.863. The molecule has 1 atom stereocenters. The Kier molecular flexibility index (Phi) is 4.10. The van der Waals surface area contributed by atoms with E-state index >= 15 is 0 Å². The number of carbonyl (C=O) groups is 1. The van der Waals surface area contributed by atoms with Gasteiger partial charge in [-0.15, -0.1) is 0 Å². The van der Waals surface area contributed by atoms with Crippen LogP contribution in [0, 0.1) is 0 Å². The van der Waals surface area contributed by atoms with Crippen LogP contribution in [0.25, 0.3) is 0 Å². The summed E-state index contributed by atoms with van der Waals surface area (Å²) >= 11 is 0. The predicted octanol–water partition coefficient (Wildman–Crippen LogP) is 1.16. The first kappa shape index (κ1) is 15.2. The lowest BCUT2D eigenvalue weighted by atomic mass is 10.2. The Balaban J connectivity index is 2.27. The summed E-state index contributed by atoms with van der Waals surface area (Å²) in [6.07, 6.45) is 4.43. The molecule has 2 aromatic heterocycles. The number of carboxylic acids is 1. The number of nitrogens with one attached hydrogen (secondary N) is 1. The third-order valence-corrected chi connectivity index (χ3v) is 4.53. The molecule has 21 heavy (non-hydrogen) atoms. The van der Waals surface area contributed by atoms with Crippen LogP contribution in [0.15, 0.2) is 41.7 Å². The highest BCUT2D eigenvalue weighted by Crippen LogP contribution is 2.18. The van der Waals surface area contributed by atoms with Crippen molar-refractivity contribution in [3.8, 4) is 0 Å². The fraction of sp³-hybridized carbons (Fsp3) is 0.231. The van der Waals surface area contributed by atoms with Crippen LogP contribution in [0.2, 0.25) is 0 Å². The molecule has 0 amide bonds. The summed E-state index contributed by atoms with van der Waals surface area (Å²) in [6.45, 7) is 1.69. The van der Waals surface area contributed by atoms with Gasteiger partial charge in [-0.2, -0.15) is 0 Å². The average molecular weight is 309 g/mol. The van der Waals surface area contributed by atoms with Crippen LogP contribution in [-0.4, -0.2) is 29.0 Å². The van der Waals surface area contributed by atoms with Gasteiger partial charge in [-0.3, -0.25) is 4.98 Å². The number of aryl methyl sites for hydroxylation is 1. The third-order valence-electron chi connectivity index (χ3n) is 3.03. The van der Waals surface area contributed by atoms with E-state index in [1.54, 1.807) is 31.5 Å². The summed E-state index contributed by atoms with van der Waals surface area (Å²) in [5, 5.41) is 8.96. The molecule has 7 nitrogen and oxygen atoms in total. The van der Waals surface area contributed by atoms with Gasteiger partial charge >= 0.3 is 5.97 Å². The average Bonchev–Trinajstić information content (AvgIpc) is 2.82. The highest BCUT2D eigenvalue weighted by Gasteiger charge is 2.22. The van der Waals surface area contributed by atoms with Crippen molar-refractivity contribution in [3.63, 3.8) is 0 Å². The van der Waals surface area contributed by atoms with Gasteiger partial charge in [0.05, 0.1) is 0 Å². The van der Waals surface area contributed by atoms with E-state index in [1.165, 1.54) is 17.8 Å². The fourth-order valence-electron chi connectivity index (χ4n) is 1.89. The molecule has 0 saturated heterocycles.